The molecule has 186 valence electrons. The van der Waals surface area contributed by atoms with E-state index in [4.69, 9.17) is 0 Å². The highest BCUT2D eigenvalue weighted by Gasteiger charge is 2.18. The zero-order chi connectivity index (χ0) is 25.7. The van der Waals surface area contributed by atoms with E-state index in [0.717, 1.165) is 11.3 Å². The zero-order valence-corrected chi connectivity index (χ0v) is 21.5. The maximum atomic E-state index is 12.7. The van der Waals surface area contributed by atoms with Crippen LogP contribution in [0.15, 0.2) is 101 Å². The van der Waals surface area contributed by atoms with E-state index in [9.17, 15) is 13.2 Å². The molecular formula is C24H19N7O3S3. The number of anilines is 2. The van der Waals surface area contributed by atoms with Gasteiger partial charge in [0.15, 0.2) is 16.1 Å². The van der Waals surface area contributed by atoms with E-state index >= 15 is 0 Å². The molecule has 0 aliphatic heterocycles. The molecule has 0 aliphatic rings. The lowest BCUT2D eigenvalue weighted by atomic mass is 10.2. The predicted molar refractivity (Wildman–Crippen MR) is 143 cm³/mol. The number of nitrogens with one attached hydrogen (secondary N) is 2. The standard InChI is InChI=1S/C24H19N7O3S3/c32-21(27-18-8-10-20(11-9-18)37(33,34)30-23-26-13-14-35-23)16-36-24-29-28-22(17-5-4-12-25-15-17)31(24)19-6-2-1-3-7-19/h1-15H,16H2,(H,26,30)(H,27,32). The maximum Gasteiger partial charge on any atom is 0.263 e. The third kappa shape index (κ3) is 5.85. The van der Waals surface area contributed by atoms with Gasteiger partial charge < -0.3 is 5.32 Å². The summed E-state index contributed by atoms with van der Waals surface area (Å²) in [7, 11) is -3.77. The molecule has 0 saturated carbocycles. The molecule has 0 saturated heterocycles. The number of pyridine rings is 1. The molecule has 1 amide bonds. The van der Waals surface area contributed by atoms with Gasteiger partial charge in [-0.05, 0) is 48.5 Å². The number of thiazole rings is 1. The fourth-order valence-corrected chi connectivity index (χ4v) is 5.89. The minimum atomic E-state index is -3.77. The van der Waals surface area contributed by atoms with Crippen molar-refractivity contribution in [2.24, 2.45) is 0 Å². The number of nitrogens with zero attached hydrogens (tertiary/aromatic N) is 5. The van der Waals surface area contributed by atoms with Crippen LogP contribution in [0, 0.1) is 0 Å². The second kappa shape index (κ2) is 10.9. The predicted octanol–water partition coefficient (Wildman–Crippen LogP) is 4.32. The van der Waals surface area contributed by atoms with Gasteiger partial charge in [0, 0.05) is 40.9 Å². The van der Waals surface area contributed by atoms with Gasteiger partial charge in [-0.2, -0.15) is 0 Å². The van der Waals surface area contributed by atoms with Crippen LogP contribution in [-0.2, 0) is 14.8 Å². The van der Waals surface area contributed by atoms with Crippen LogP contribution in [0.5, 0.6) is 0 Å². The largest absolute Gasteiger partial charge is 0.325 e. The second-order valence-corrected chi connectivity index (χ2v) is 11.0. The molecule has 13 heteroatoms. The normalized spacial score (nSPS) is 11.2. The van der Waals surface area contributed by atoms with E-state index < -0.39 is 10.0 Å². The minimum Gasteiger partial charge on any atom is -0.325 e. The number of carbonyl (C=O) groups excluding carboxylic acids is 1. The van der Waals surface area contributed by atoms with Crippen molar-refractivity contribution >= 4 is 49.8 Å². The first-order chi connectivity index (χ1) is 18.0. The number of hydrogen-bond acceptors (Lipinski definition) is 9. The molecule has 0 bridgehead atoms. The average Bonchev–Trinajstić information content (AvgIpc) is 3.58. The van der Waals surface area contributed by atoms with Crippen LogP contribution >= 0.6 is 23.1 Å². The number of carbonyl (C=O) groups is 1. The van der Waals surface area contributed by atoms with Crippen molar-refractivity contribution in [3.05, 3.63) is 90.7 Å². The molecule has 0 atom stereocenters. The van der Waals surface area contributed by atoms with Gasteiger partial charge in [-0.1, -0.05) is 30.0 Å². The number of amides is 1. The monoisotopic (exact) mass is 549 g/mol. The summed E-state index contributed by atoms with van der Waals surface area (Å²) in [6, 6.07) is 19.3. The van der Waals surface area contributed by atoms with E-state index in [1.807, 2.05) is 47.0 Å². The molecule has 0 spiro atoms. The third-order valence-electron chi connectivity index (χ3n) is 5.00. The van der Waals surface area contributed by atoms with Crippen molar-refractivity contribution in [2.45, 2.75) is 10.1 Å². The number of hydrogen-bond donors (Lipinski definition) is 2. The average molecular weight is 550 g/mol. The van der Waals surface area contributed by atoms with E-state index in [1.165, 1.54) is 53.6 Å². The van der Waals surface area contributed by atoms with E-state index in [2.05, 4.69) is 30.2 Å². The topological polar surface area (TPSA) is 132 Å². The minimum absolute atomic E-state index is 0.0639. The number of para-hydroxylation sites is 1. The van der Waals surface area contributed by atoms with Crippen molar-refractivity contribution in [2.75, 3.05) is 15.8 Å². The zero-order valence-electron chi connectivity index (χ0n) is 19.1. The molecule has 2 N–H and O–H groups in total. The molecule has 3 aromatic heterocycles. The van der Waals surface area contributed by atoms with Gasteiger partial charge in [-0.3, -0.25) is 19.1 Å². The molecule has 0 fully saturated rings. The summed E-state index contributed by atoms with van der Waals surface area (Å²) in [6.45, 7) is 0. The fourth-order valence-electron chi connectivity index (χ4n) is 3.35. The lowest BCUT2D eigenvalue weighted by Gasteiger charge is -2.10. The lowest BCUT2D eigenvalue weighted by molar-refractivity contribution is -0.113. The van der Waals surface area contributed by atoms with Crippen LogP contribution in [-0.4, -0.2) is 44.8 Å². The first-order valence-electron chi connectivity index (χ1n) is 10.9. The Hall–Kier alpha value is -4.07. The van der Waals surface area contributed by atoms with Crippen molar-refractivity contribution in [1.29, 1.82) is 0 Å². The summed E-state index contributed by atoms with van der Waals surface area (Å²) >= 11 is 2.42. The molecule has 5 aromatic rings. The summed E-state index contributed by atoms with van der Waals surface area (Å²) in [5, 5.41) is 13.9. The van der Waals surface area contributed by atoms with Crippen LogP contribution in [0.4, 0.5) is 10.8 Å². The summed E-state index contributed by atoms with van der Waals surface area (Å²) in [6.07, 6.45) is 4.91. The quantitative estimate of drug-likeness (QED) is 0.260. The molecular weight excluding hydrogens is 531 g/mol. The third-order valence-corrected chi connectivity index (χ3v) is 8.10. The highest BCUT2D eigenvalue weighted by molar-refractivity contribution is 7.99. The Morgan fingerprint density at radius 1 is 0.973 bits per heavy atom. The summed E-state index contributed by atoms with van der Waals surface area (Å²) in [4.78, 5) is 20.8. The van der Waals surface area contributed by atoms with Gasteiger partial charge in [0.05, 0.1) is 10.6 Å². The van der Waals surface area contributed by atoms with Gasteiger partial charge in [-0.25, -0.2) is 13.4 Å². The molecule has 37 heavy (non-hydrogen) atoms. The Kier molecular flexibility index (Phi) is 7.25. The molecule has 0 aliphatic carbocycles. The first kappa shape index (κ1) is 24.6. The van der Waals surface area contributed by atoms with E-state index in [0.29, 0.717) is 16.7 Å². The molecule has 10 nitrogen and oxygen atoms in total. The molecule has 3 heterocycles. The van der Waals surface area contributed by atoms with Gasteiger partial charge in [0.1, 0.15) is 0 Å². The number of benzene rings is 2. The summed E-state index contributed by atoms with van der Waals surface area (Å²) < 4.78 is 29.3. The van der Waals surface area contributed by atoms with Crippen LogP contribution < -0.4 is 10.0 Å². The number of thioether (sulfide) groups is 1. The Morgan fingerprint density at radius 3 is 2.49 bits per heavy atom. The fraction of sp³-hybridized carbons (Fsp3) is 0.0417. The Balaban J connectivity index is 1.27. The van der Waals surface area contributed by atoms with Crippen LogP contribution in [0.3, 0.4) is 0 Å². The van der Waals surface area contributed by atoms with Gasteiger partial charge in [-0.15, -0.1) is 21.5 Å². The summed E-state index contributed by atoms with van der Waals surface area (Å²) in [5.41, 5.74) is 2.13. The van der Waals surface area contributed by atoms with Crippen molar-refractivity contribution in [3.63, 3.8) is 0 Å². The van der Waals surface area contributed by atoms with Crippen molar-refractivity contribution in [1.82, 2.24) is 24.7 Å². The Labute approximate surface area is 220 Å². The number of aromatic nitrogens is 5. The van der Waals surface area contributed by atoms with Crippen LogP contribution in [0.2, 0.25) is 0 Å². The van der Waals surface area contributed by atoms with Crippen LogP contribution in [0.25, 0.3) is 17.1 Å². The van der Waals surface area contributed by atoms with Crippen molar-refractivity contribution < 1.29 is 13.2 Å². The summed E-state index contributed by atoms with van der Waals surface area (Å²) in [5.74, 6) is 0.418. The van der Waals surface area contributed by atoms with E-state index in [-0.39, 0.29) is 21.7 Å². The second-order valence-electron chi connectivity index (χ2n) is 7.52. The highest BCUT2D eigenvalue weighted by Crippen LogP contribution is 2.28. The van der Waals surface area contributed by atoms with Gasteiger partial charge in [0.2, 0.25) is 5.91 Å². The Bertz CT molecular complexity index is 1590. The molecule has 2 aromatic carbocycles. The van der Waals surface area contributed by atoms with Gasteiger partial charge in [0.25, 0.3) is 10.0 Å². The lowest BCUT2D eigenvalue weighted by Crippen LogP contribution is -2.15. The smallest absolute Gasteiger partial charge is 0.263 e. The molecule has 5 rings (SSSR count). The first-order valence-corrected chi connectivity index (χ1v) is 14.2. The maximum absolute atomic E-state index is 12.7. The Morgan fingerprint density at radius 2 is 1.78 bits per heavy atom. The highest BCUT2D eigenvalue weighted by atomic mass is 32.2. The van der Waals surface area contributed by atoms with Crippen LogP contribution in [0.1, 0.15) is 0 Å². The number of rotatable bonds is 9. The number of sulfonamides is 1. The molecule has 0 radical (unpaired) electrons. The SMILES string of the molecule is O=C(CSc1nnc(-c2cccnc2)n1-c1ccccc1)Nc1ccc(S(=O)(=O)Nc2nccs2)cc1. The molecule has 0 unspecified atom stereocenters. The van der Waals surface area contributed by atoms with E-state index in [1.54, 1.807) is 17.8 Å². The van der Waals surface area contributed by atoms with Gasteiger partial charge >= 0.3 is 0 Å². The van der Waals surface area contributed by atoms with Crippen molar-refractivity contribution in [3.8, 4) is 17.1 Å².